The van der Waals surface area contributed by atoms with Crippen LogP contribution >= 0.6 is 0 Å². The van der Waals surface area contributed by atoms with Gasteiger partial charge in [-0.25, -0.2) is 0 Å². The van der Waals surface area contributed by atoms with Crippen molar-refractivity contribution < 1.29 is 9.59 Å². The molecule has 1 atom stereocenters. The number of hydrogen-bond donors (Lipinski definition) is 3. The molecule has 1 rings (SSSR count). The van der Waals surface area contributed by atoms with Gasteiger partial charge in [-0.1, -0.05) is 6.07 Å². The number of hydrogen-bond acceptors (Lipinski definition) is 3. The first-order valence-corrected chi connectivity index (χ1v) is 6.59. The predicted molar refractivity (Wildman–Crippen MR) is 80.4 cm³/mol. The summed E-state index contributed by atoms with van der Waals surface area (Å²) >= 11 is 0. The van der Waals surface area contributed by atoms with Gasteiger partial charge in [-0.3, -0.25) is 9.59 Å². The maximum absolute atomic E-state index is 12.0. The second-order valence-corrected chi connectivity index (χ2v) is 6.01. The Bertz CT molecular complexity index is 518. The molecule has 0 bridgehead atoms. The zero-order valence-corrected chi connectivity index (χ0v) is 12.7. The smallest absolute Gasteiger partial charge is 0.251 e. The fraction of sp³-hybridized carbons (Fsp3) is 0.467. The number of nitrogens with one attached hydrogen (secondary N) is 2. The zero-order chi connectivity index (χ0) is 15.5. The Kier molecular flexibility index (Phi) is 4.76. The molecule has 0 aliphatic heterocycles. The number of rotatable bonds is 3. The van der Waals surface area contributed by atoms with E-state index in [9.17, 15) is 9.59 Å². The van der Waals surface area contributed by atoms with Gasteiger partial charge in [0, 0.05) is 16.8 Å². The Morgan fingerprint density at radius 3 is 2.35 bits per heavy atom. The third-order valence-electron chi connectivity index (χ3n) is 2.78. The van der Waals surface area contributed by atoms with Gasteiger partial charge in [0.05, 0.1) is 0 Å². The van der Waals surface area contributed by atoms with Crippen LogP contribution in [0.5, 0.6) is 0 Å². The van der Waals surface area contributed by atoms with Crippen LogP contribution in [-0.4, -0.2) is 23.4 Å². The highest BCUT2D eigenvalue weighted by atomic mass is 16.2. The molecule has 5 heteroatoms. The standard InChI is InChI=1S/C15H23N3O2/c1-9-6-7-11(8-12(9)16)14(20)17-10(2)13(19)18-15(3,4)5/h6-8,10H,16H2,1-5H3,(H,17,20)(H,18,19). The van der Waals surface area contributed by atoms with E-state index in [2.05, 4.69) is 10.6 Å². The molecule has 0 aliphatic carbocycles. The summed E-state index contributed by atoms with van der Waals surface area (Å²) in [6.07, 6.45) is 0. The molecule has 0 saturated heterocycles. The van der Waals surface area contributed by atoms with E-state index >= 15 is 0 Å². The summed E-state index contributed by atoms with van der Waals surface area (Å²) in [5, 5.41) is 5.48. The Morgan fingerprint density at radius 2 is 1.85 bits per heavy atom. The van der Waals surface area contributed by atoms with Crippen LogP contribution in [-0.2, 0) is 4.79 Å². The fourth-order valence-electron chi connectivity index (χ4n) is 1.61. The predicted octanol–water partition coefficient (Wildman–Crippen LogP) is 1.61. The number of nitrogens with two attached hydrogens (primary N) is 1. The van der Waals surface area contributed by atoms with Gasteiger partial charge in [0.2, 0.25) is 5.91 Å². The summed E-state index contributed by atoms with van der Waals surface area (Å²) in [5.41, 5.74) is 7.37. The normalized spacial score (nSPS) is 12.7. The number of carbonyl (C=O) groups is 2. The first-order valence-electron chi connectivity index (χ1n) is 6.59. The lowest BCUT2D eigenvalue weighted by Gasteiger charge is -2.23. The van der Waals surface area contributed by atoms with Gasteiger partial charge in [0.25, 0.3) is 5.91 Å². The Morgan fingerprint density at radius 1 is 1.25 bits per heavy atom. The van der Waals surface area contributed by atoms with Gasteiger partial charge >= 0.3 is 0 Å². The van der Waals surface area contributed by atoms with Gasteiger partial charge in [-0.2, -0.15) is 0 Å². The fourth-order valence-corrected chi connectivity index (χ4v) is 1.61. The van der Waals surface area contributed by atoms with Gasteiger partial charge in [0.1, 0.15) is 6.04 Å². The lowest BCUT2D eigenvalue weighted by Crippen LogP contribution is -2.50. The SMILES string of the molecule is Cc1ccc(C(=O)NC(C)C(=O)NC(C)(C)C)cc1N. The molecule has 2 amide bonds. The van der Waals surface area contributed by atoms with Crippen LogP contribution in [0, 0.1) is 6.92 Å². The van der Waals surface area contributed by atoms with Crippen molar-refractivity contribution in [3.8, 4) is 0 Å². The van der Waals surface area contributed by atoms with Crippen LogP contribution in [0.3, 0.4) is 0 Å². The molecule has 0 saturated carbocycles. The maximum atomic E-state index is 12.0. The molecule has 1 aromatic rings. The molecule has 0 radical (unpaired) electrons. The summed E-state index contributed by atoms with van der Waals surface area (Å²) in [7, 11) is 0. The number of anilines is 1. The molecule has 0 aromatic heterocycles. The molecule has 5 nitrogen and oxygen atoms in total. The van der Waals surface area contributed by atoms with Crippen molar-refractivity contribution in [2.24, 2.45) is 0 Å². The van der Waals surface area contributed by atoms with Crippen molar-refractivity contribution in [1.82, 2.24) is 10.6 Å². The lowest BCUT2D eigenvalue weighted by atomic mass is 10.1. The molecule has 20 heavy (non-hydrogen) atoms. The summed E-state index contributed by atoms with van der Waals surface area (Å²) < 4.78 is 0. The number of carbonyl (C=O) groups excluding carboxylic acids is 2. The van der Waals surface area contributed by atoms with Crippen LogP contribution in [0.15, 0.2) is 18.2 Å². The van der Waals surface area contributed by atoms with Crippen molar-refractivity contribution in [3.05, 3.63) is 29.3 Å². The largest absolute Gasteiger partial charge is 0.398 e. The highest BCUT2D eigenvalue weighted by Crippen LogP contribution is 2.13. The Hall–Kier alpha value is -2.04. The zero-order valence-electron chi connectivity index (χ0n) is 12.7. The second kappa shape index (κ2) is 5.94. The van der Waals surface area contributed by atoms with Crippen LogP contribution < -0.4 is 16.4 Å². The first kappa shape index (κ1) is 16.0. The molecule has 0 aliphatic rings. The number of aryl methyl sites for hydroxylation is 1. The second-order valence-electron chi connectivity index (χ2n) is 6.01. The van der Waals surface area contributed by atoms with E-state index in [1.54, 1.807) is 25.1 Å². The number of benzene rings is 1. The third kappa shape index (κ3) is 4.57. The van der Waals surface area contributed by atoms with Crippen molar-refractivity contribution >= 4 is 17.5 Å². The highest BCUT2D eigenvalue weighted by Gasteiger charge is 2.21. The van der Waals surface area contributed by atoms with Crippen LogP contribution in [0.1, 0.15) is 43.6 Å². The minimum atomic E-state index is -0.607. The number of amides is 2. The number of nitrogen functional groups attached to an aromatic ring is 1. The van der Waals surface area contributed by atoms with E-state index in [1.807, 2.05) is 27.7 Å². The maximum Gasteiger partial charge on any atom is 0.251 e. The van der Waals surface area contributed by atoms with Crippen molar-refractivity contribution in [3.63, 3.8) is 0 Å². The minimum Gasteiger partial charge on any atom is -0.398 e. The molecule has 4 N–H and O–H groups in total. The van der Waals surface area contributed by atoms with Crippen LogP contribution in [0.25, 0.3) is 0 Å². The first-order chi connectivity index (χ1) is 9.10. The third-order valence-corrected chi connectivity index (χ3v) is 2.78. The Labute approximate surface area is 119 Å². The van der Waals surface area contributed by atoms with Gasteiger partial charge in [-0.05, 0) is 52.3 Å². The van der Waals surface area contributed by atoms with E-state index in [0.717, 1.165) is 5.56 Å². The molecule has 110 valence electrons. The highest BCUT2D eigenvalue weighted by molar-refractivity contribution is 5.98. The summed E-state index contributed by atoms with van der Waals surface area (Å²) in [6.45, 7) is 9.19. The summed E-state index contributed by atoms with van der Waals surface area (Å²) in [5.74, 6) is -0.529. The molecule has 1 unspecified atom stereocenters. The van der Waals surface area contributed by atoms with E-state index in [1.165, 1.54) is 0 Å². The van der Waals surface area contributed by atoms with Gasteiger partial charge in [0.15, 0.2) is 0 Å². The summed E-state index contributed by atoms with van der Waals surface area (Å²) in [6, 6.07) is 4.47. The molecule has 0 spiro atoms. The minimum absolute atomic E-state index is 0.217. The van der Waals surface area contributed by atoms with E-state index in [-0.39, 0.29) is 17.4 Å². The van der Waals surface area contributed by atoms with E-state index in [0.29, 0.717) is 11.3 Å². The van der Waals surface area contributed by atoms with Crippen molar-refractivity contribution in [2.45, 2.75) is 46.2 Å². The molecule has 0 heterocycles. The Balaban J connectivity index is 2.70. The van der Waals surface area contributed by atoms with Gasteiger partial charge < -0.3 is 16.4 Å². The monoisotopic (exact) mass is 277 g/mol. The molecular weight excluding hydrogens is 254 g/mol. The van der Waals surface area contributed by atoms with Crippen LogP contribution in [0.4, 0.5) is 5.69 Å². The van der Waals surface area contributed by atoms with Crippen molar-refractivity contribution in [2.75, 3.05) is 5.73 Å². The van der Waals surface area contributed by atoms with Crippen LogP contribution in [0.2, 0.25) is 0 Å². The quantitative estimate of drug-likeness (QED) is 0.734. The average molecular weight is 277 g/mol. The van der Waals surface area contributed by atoms with E-state index in [4.69, 9.17) is 5.73 Å². The molecule has 0 fully saturated rings. The van der Waals surface area contributed by atoms with Crippen molar-refractivity contribution in [1.29, 1.82) is 0 Å². The van der Waals surface area contributed by atoms with E-state index < -0.39 is 6.04 Å². The lowest BCUT2D eigenvalue weighted by molar-refractivity contribution is -0.124. The molecule has 1 aromatic carbocycles. The average Bonchev–Trinajstić information content (AvgIpc) is 2.30. The summed E-state index contributed by atoms with van der Waals surface area (Å²) in [4.78, 5) is 23.9. The van der Waals surface area contributed by atoms with Gasteiger partial charge in [-0.15, -0.1) is 0 Å². The molecular formula is C15H23N3O2. The topological polar surface area (TPSA) is 84.2 Å².